The Hall–Kier alpha value is -1.61. The van der Waals surface area contributed by atoms with Crippen LogP contribution in [-0.2, 0) is 19.5 Å². The van der Waals surface area contributed by atoms with Crippen molar-refractivity contribution in [1.82, 2.24) is 14.9 Å². The van der Waals surface area contributed by atoms with Gasteiger partial charge in [-0.2, -0.15) is 0 Å². The number of rotatable bonds is 6. The molecule has 0 aliphatic heterocycles. The predicted molar refractivity (Wildman–Crippen MR) is 79.1 cm³/mol. The van der Waals surface area contributed by atoms with Crippen LogP contribution in [0.2, 0.25) is 0 Å². The van der Waals surface area contributed by atoms with E-state index in [1.165, 1.54) is 11.1 Å². The molecule has 0 fully saturated rings. The number of nitrogens with zero attached hydrogens (tertiary/aromatic N) is 2. The summed E-state index contributed by atoms with van der Waals surface area (Å²) in [6.45, 7) is 8.31. The van der Waals surface area contributed by atoms with Gasteiger partial charge in [-0.15, -0.1) is 0 Å². The Morgan fingerprint density at radius 3 is 2.63 bits per heavy atom. The van der Waals surface area contributed by atoms with Crippen molar-refractivity contribution in [3.63, 3.8) is 0 Å². The first-order valence-corrected chi connectivity index (χ1v) is 7.01. The highest BCUT2D eigenvalue weighted by Gasteiger charge is 2.06. The Morgan fingerprint density at radius 1 is 1.21 bits per heavy atom. The Morgan fingerprint density at radius 2 is 1.95 bits per heavy atom. The van der Waals surface area contributed by atoms with Gasteiger partial charge >= 0.3 is 0 Å². The van der Waals surface area contributed by atoms with Gasteiger partial charge < -0.3 is 9.88 Å². The van der Waals surface area contributed by atoms with Gasteiger partial charge in [0.15, 0.2) is 0 Å². The highest BCUT2D eigenvalue weighted by Crippen LogP contribution is 2.12. The second kappa shape index (κ2) is 6.53. The number of nitrogens with one attached hydrogen (secondary N) is 1. The molecule has 19 heavy (non-hydrogen) atoms. The Labute approximate surface area is 115 Å². The van der Waals surface area contributed by atoms with Crippen LogP contribution in [-0.4, -0.2) is 15.6 Å². The van der Waals surface area contributed by atoms with Crippen LogP contribution in [0.4, 0.5) is 0 Å². The molecule has 1 aromatic heterocycles. The summed E-state index contributed by atoms with van der Waals surface area (Å²) in [4.78, 5) is 4.38. The van der Waals surface area contributed by atoms with E-state index in [2.05, 4.69) is 66.1 Å². The van der Waals surface area contributed by atoms with Gasteiger partial charge in [-0.1, -0.05) is 45.0 Å². The summed E-state index contributed by atoms with van der Waals surface area (Å²) in [5, 5.41) is 3.49. The number of aryl methyl sites for hydroxylation is 1. The van der Waals surface area contributed by atoms with Crippen molar-refractivity contribution in [2.45, 2.75) is 46.3 Å². The molecule has 3 nitrogen and oxygen atoms in total. The van der Waals surface area contributed by atoms with E-state index in [1.807, 2.05) is 6.20 Å². The van der Waals surface area contributed by atoms with Crippen LogP contribution < -0.4 is 5.32 Å². The Balaban J connectivity index is 2.15. The molecule has 0 saturated carbocycles. The minimum atomic E-state index is 0.507. The third kappa shape index (κ3) is 3.67. The highest BCUT2D eigenvalue weighted by atomic mass is 15.1. The first-order chi connectivity index (χ1) is 9.20. The molecule has 1 N–H and O–H groups in total. The zero-order valence-corrected chi connectivity index (χ0v) is 12.1. The molecule has 0 radical (unpaired) electrons. The van der Waals surface area contributed by atoms with Crippen LogP contribution in [0.15, 0.2) is 36.7 Å². The molecule has 0 spiro atoms. The molecule has 102 valence electrons. The maximum absolute atomic E-state index is 4.38. The van der Waals surface area contributed by atoms with E-state index in [0.717, 1.165) is 25.3 Å². The van der Waals surface area contributed by atoms with Crippen molar-refractivity contribution in [2.24, 2.45) is 0 Å². The zero-order chi connectivity index (χ0) is 13.7. The Bertz CT molecular complexity index is 514. The van der Waals surface area contributed by atoms with Gasteiger partial charge in [-0.3, -0.25) is 0 Å². The molecule has 1 heterocycles. The van der Waals surface area contributed by atoms with Gasteiger partial charge in [0.2, 0.25) is 0 Å². The van der Waals surface area contributed by atoms with Crippen molar-refractivity contribution in [1.29, 1.82) is 0 Å². The largest absolute Gasteiger partial charge is 0.331 e. The van der Waals surface area contributed by atoms with Gasteiger partial charge in [0.1, 0.15) is 5.82 Å². The fourth-order valence-electron chi connectivity index (χ4n) is 2.18. The molecule has 0 bridgehead atoms. The normalized spacial score (nSPS) is 11.2. The lowest BCUT2D eigenvalue weighted by Crippen LogP contribution is -2.22. The SMILES string of the molecule is CCc1nccn1Cc1ccccc1CNC(C)C. The minimum Gasteiger partial charge on any atom is -0.331 e. The summed E-state index contributed by atoms with van der Waals surface area (Å²) in [6, 6.07) is 9.13. The molecule has 2 rings (SSSR count). The lowest BCUT2D eigenvalue weighted by molar-refractivity contribution is 0.584. The summed E-state index contributed by atoms with van der Waals surface area (Å²) in [6.07, 6.45) is 4.92. The van der Waals surface area contributed by atoms with Crippen LogP contribution in [0.5, 0.6) is 0 Å². The molecule has 0 aliphatic carbocycles. The molecule has 2 aromatic rings. The standard InChI is InChI=1S/C16H23N3/c1-4-16-17-9-10-19(16)12-15-8-6-5-7-14(15)11-18-13(2)3/h5-10,13,18H,4,11-12H2,1-3H3. The summed E-state index contributed by atoms with van der Waals surface area (Å²) >= 11 is 0. The van der Waals surface area contributed by atoms with E-state index in [4.69, 9.17) is 0 Å². The van der Waals surface area contributed by atoms with Crippen molar-refractivity contribution in [3.05, 3.63) is 53.6 Å². The van der Waals surface area contributed by atoms with E-state index < -0.39 is 0 Å². The van der Waals surface area contributed by atoms with Crippen LogP contribution >= 0.6 is 0 Å². The highest BCUT2D eigenvalue weighted by molar-refractivity contribution is 5.27. The van der Waals surface area contributed by atoms with Gasteiger partial charge in [0.25, 0.3) is 0 Å². The van der Waals surface area contributed by atoms with E-state index in [0.29, 0.717) is 6.04 Å². The summed E-state index contributed by atoms with van der Waals surface area (Å²) < 4.78 is 2.23. The fourth-order valence-corrected chi connectivity index (χ4v) is 2.18. The summed E-state index contributed by atoms with van der Waals surface area (Å²) in [5.41, 5.74) is 2.73. The average Bonchev–Trinajstić information content (AvgIpc) is 2.85. The van der Waals surface area contributed by atoms with Gasteiger partial charge in [-0.05, 0) is 11.1 Å². The molecule has 0 aliphatic rings. The van der Waals surface area contributed by atoms with E-state index in [9.17, 15) is 0 Å². The third-order valence-electron chi connectivity index (χ3n) is 3.28. The van der Waals surface area contributed by atoms with Gasteiger partial charge in [0.05, 0.1) is 0 Å². The average molecular weight is 257 g/mol. The third-order valence-corrected chi connectivity index (χ3v) is 3.28. The van der Waals surface area contributed by atoms with Crippen molar-refractivity contribution in [3.8, 4) is 0 Å². The van der Waals surface area contributed by atoms with Crippen molar-refractivity contribution in [2.75, 3.05) is 0 Å². The maximum Gasteiger partial charge on any atom is 0.108 e. The van der Waals surface area contributed by atoms with E-state index in [-0.39, 0.29) is 0 Å². The second-order valence-electron chi connectivity index (χ2n) is 5.13. The molecule has 0 amide bonds. The lowest BCUT2D eigenvalue weighted by Gasteiger charge is -2.14. The van der Waals surface area contributed by atoms with Gasteiger partial charge in [-0.25, -0.2) is 4.98 Å². The fraction of sp³-hybridized carbons (Fsp3) is 0.438. The quantitative estimate of drug-likeness (QED) is 0.862. The van der Waals surface area contributed by atoms with Crippen LogP contribution in [0, 0.1) is 0 Å². The first kappa shape index (κ1) is 13.8. The molecule has 0 saturated heterocycles. The van der Waals surface area contributed by atoms with Crippen LogP contribution in [0.1, 0.15) is 37.7 Å². The summed E-state index contributed by atoms with van der Waals surface area (Å²) in [7, 11) is 0. The predicted octanol–water partition coefficient (Wildman–Crippen LogP) is 2.99. The molecule has 0 atom stereocenters. The minimum absolute atomic E-state index is 0.507. The molecule has 0 unspecified atom stereocenters. The van der Waals surface area contributed by atoms with Crippen molar-refractivity contribution >= 4 is 0 Å². The smallest absolute Gasteiger partial charge is 0.108 e. The number of benzene rings is 1. The van der Waals surface area contributed by atoms with E-state index in [1.54, 1.807) is 0 Å². The van der Waals surface area contributed by atoms with Crippen LogP contribution in [0.25, 0.3) is 0 Å². The number of hydrogen-bond acceptors (Lipinski definition) is 2. The lowest BCUT2D eigenvalue weighted by atomic mass is 10.1. The molecule has 3 heteroatoms. The van der Waals surface area contributed by atoms with Crippen LogP contribution in [0.3, 0.4) is 0 Å². The van der Waals surface area contributed by atoms with Crippen molar-refractivity contribution < 1.29 is 0 Å². The second-order valence-corrected chi connectivity index (χ2v) is 5.13. The van der Waals surface area contributed by atoms with Gasteiger partial charge in [0, 0.05) is 37.9 Å². The number of imidazole rings is 1. The molecule has 1 aromatic carbocycles. The first-order valence-electron chi connectivity index (χ1n) is 7.01. The monoisotopic (exact) mass is 257 g/mol. The number of aromatic nitrogens is 2. The van der Waals surface area contributed by atoms with E-state index >= 15 is 0 Å². The maximum atomic E-state index is 4.38. The summed E-state index contributed by atoms with van der Waals surface area (Å²) in [5.74, 6) is 1.15. The zero-order valence-electron chi connectivity index (χ0n) is 12.1. The topological polar surface area (TPSA) is 29.9 Å². The molecular formula is C16H23N3. The number of hydrogen-bond donors (Lipinski definition) is 1. The molecular weight excluding hydrogens is 234 g/mol. The Kier molecular flexibility index (Phi) is 4.74.